The SMILES string of the molecule is Cc1noc(C)c1S(=O)(=O)NCC(c1ccco1)N1CCOCC1. The van der Waals surface area contributed by atoms with Crippen LogP contribution in [0.2, 0.25) is 0 Å². The number of rotatable bonds is 6. The van der Waals surface area contributed by atoms with E-state index in [2.05, 4.69) is 14.8 Å². The quantitative estimate of drug-likeness (QED) is 0.832. The Kier molecular flexibility index (Phi) is 5.04. The Hall–Kier alpha value is -1.68. The van der Waals surface area contributed by atoms with Crippen LogP contribution in [0.1, 0.15) is 23.3 Å². The summed E-state index contributed by atoms with van der Waals surface area (Å²) in [5.74, 6) is 0.999. The maximum atomic E-state index is 12.6. The molecule has 8 nitrogen and oxygen atoms in total. The molecule has 3 rings (SSSR count). The molecule has 0 spiro atoms. The average molecular weight is 355 g/mol. The van der Waals surface area contributed by atoms with E-state index in [1.165, 1.54) is 0 Å². The van der Waals surface area contributed by atoms with Gasteiger partial charge in [0.2, 0.25) is 10.0 Å². The second kappa shape index (κ2) is 7.06. The molecular weight excluding hydrogens is 334 g/mol. The first-order valence-corrected chi connectivity index (χ1v) is 9.25. The second-order valence-corrected chi connectivity index (χ2v) is 7.39. The minimum absolute atomic E-state index is 0.0997. The van der Waals surface area contributed by atoms with Crippen molar-refractivity contribution in [3.05, 3.63) is 35.6 Å². The molecule has 0 bridgehead atoms. The standard InChI is InChI=1S/C15H21N3O5S/c1-11-15(12(2)23-17-11)24(19,20)16-10-13(14-4-3-7-22-14)18-5-8-21-9-6-18/h3-4,7,13,16H,5-6,8-10H2,1-2H3. The van der Waals surface area contributed by atoms with Gasteiger partial charge in [0.25, 0.3) is 0 Å². The van der Waals surface area contributed by atoms with Gasteiger partial charge in [0.1, 0.15) is 16.3 Å². The highest BCUT2D eigenvalue weighted by atomic mass is 32.2. The van der Waals surface area contributed by atoms with E-state index >= 15 is 0 Å². The fraction of sp³-hybridized carbons (Fsp3) is 0.533. The predicted octanol–water partition coefficient (Wildman–Crippen LogP) is 1.24. The zero-order valence-electron chi connectivity index (χ0n) is 13.7. The topological polar surface area (TPSA) is 97.8 Å². The molecule has 0 saturated carbocycles. The van der Waals surface area contributed by atoms with Crippen LogP contribution in [0.25, 0.3) is 0 Å². The highest BCUT2D eigenvalue weighted by molar-refractivity contribution is 7.89. The van der Waals surface area contributed by atoms with Gasteiger partial charge in [0.05, 0.1) is 25.5 Å². The molecule has 1 fully saturated rings. The lowest BCUT2D eigenvalue weighted by Crippen LogP contribution is -2.43. The van der Waals surface area contributed by atoms with E-state index in [-0.39, 0.29) is 23.2 Å². The number of sulfonamides is 1. The summed E-state index contributed by atoms with van der Waals surface area (Å²) in [5.41, 5.74) is 0.348. The molecule has 1 atom stereocenters. The molecule has 0 amide bonds. The van der Waals surface area contributed by atoms with Crippen LogP contribution in [-0.4, -0.2) is 51.3 Å². The molecule has 1 unspecified atom stereocenters. The molecule has 1 aliphatic rings. The summed E-state index contributed by atoms with van der Waals surface area (Å²) < 4.78 is 43.7. The Labute approximate surface area is 140 Å². The van der Waals surface area contributed by atoms with Gasteiger partial charge in [0, 0.05) is 19.6 Å². The summed E-state index contributed by atoms with van der Waals surface area (Å²) in [7, 11) is -3.71. The summed E-state index contributed by atoms with van der Waals surface area (Å²) in [6.45, 7) is 6.07. The molecule has 1 saturated heterocycles. The predicted molar refractivity (Wildman–Crippen MR) is 85.0 cm³/mol. The molecule has 2 aromatic heterocycles. The molecule has 1 N–H and O–H groups in total. The zero-order chi connectivity index (χ0) is 17.2. The van der Waals surface area contributed by atoms with Crippen LogP contribution in [0.4, 0.5) is 0 Å². The van der Waals surface area contributed by atoms with Crippen LogP contribution in [0.5, 0.6) is 0 Å². The van der Waals surface area contributed by atoms with Crippen LogP contribution in [0.3, 0.4) is 0 Å². The minimum atomic E-state index is -3.71. The molecule has 3 heterocycles. The third-order valence-electron chi connectivity index (χ3n) is 4.06. The van der Waals surface area contributed by atoms with Crippen molar-refractivity contribution in [1.29, 1.82) is 0 Å². The molecular formula is C15H21N3O5S. The van der Waals surface area contributed by atoms with Crippen molar-refractivity contribution in [3.8, 4) is 0 Å². The van der Waals surface area contributed by atoms with Crippen LogP contribution in [0, 0.1) is 13.8 Å². The van der Waals surface area contributed by atoms with E-state index in [9.17, 15) is 8.42 Å². The van der Waals surface area contributed by atoms with E-state index in [4.69, 9.17) is 13.7 Å². The van der Waals surface area contributed by atoms with E-state index in [1.807, 2.05) is 6.07 Å². The average Bonchev–Trinajstić information content (AvgIpc) is 3.19. The molecule has 0 radical (unpaired) electrons. The van der Waals surface area contributed by atoms with Gasteiger partial charge < -0.3 is 13.7 Å². The normalized spacial score (nSPS) is 17.9. The highest BCUT2D eigenvalue weighted by Crippen LogP contribution is 2.24. The number of nitrogens with one attached hydrogen (secondary N) is 1. The Morgan fingerprint density at radius 2 is 2.08 bits per heavy atom. The molecule has 24 heavy (non-hydrogen) atoms. The number of hydrogen-bond acceptors (Lipinski definition) is 7. The minimum Gasteiger partial charge on any atom is -0.468 e. The summed E-state index contributed by atoms with van der Waals surface area (Å²) in [6, 6.07) is 3.45. The van der Waals surface area contributed by atoms with E-state index in [0.29, 0.717) is 18.9 Å². The van der Waals surface area contributed by atoms with Gasteiger partial charge in [-0.15, -0.1) is 0 Å². The fourth-order valence-corrected chi connectivity index (χ4v) is 4.26. The summed E-state index contributed by atoms with van der Waals surface area (Å²) in [5, 5.41) is 3.71. The van der Waals surface area contributed by atoms with Gasteiger partial charge in [-0.25, -0.2) is 13.1 Å². The Morgan fingerprint density at radius 1 is 1.33 bits per heavy atom. The number of furan rings is 1. The van der Waals surface area contributed by atoms with E-state index in [0.717, 1.165) is 18.8 Å². The maximum Gasteiger partial charge on any atom is 0.246 e. The third kappa shape index (κ3) is 3.54. The monoisotopic (exact) mass is 355 g/mol. The van der Waals surface area contributed by atoms with Gasteiger partial charge in [-0.05, 0) is 26.0 Å². The van der Waals surface area contributed by atoms with Crippen molar-refractivity contribution in [1.82, 2.24) is 14.8 Å². The Bertz CT molecular complexity index is 744. The first-order chi connectivity index (χ1) is 11.5. The first kappa shape index (κ1) is 17.2. The van der Waals surface area contributed by atoms with Crippen molar-refractivity contribution >= 4 is 10.0 Å². The van der Waals surface area contributed by atoms with Gasteiger partial charge in [-0.3, -0.25) is 4.90 Å². The number of ether oxygens (including phenoxy) is 1. The number of aryl methyl sites for hydroxylation is 2. The number of morpholine rings is 1. The smallest absolute Gasteiger partial charge is 0.246 e. The van der Waals surface area contributed by atoms with Gasteiger partial charge in [0.15, 0.2) is 5.76 Å². The van der Waals surface area contributed by atoms with Crippen molar-refractivity contribution in [3.63, 3.8) is 0 Å². The molecule has 9 heteroatoms. The highest BCUT2D eigenvalue weighted by Gasteiger charge is 2.29. The van der Waals surface area contributed by atoms with Crippen molar-refractivity contribution in [2.24, 2.45) is 0 Å². The summed E-state index contributed by atoms with van der Waals surface area (Å²) in [4.78, 5) is 2.25. The van der Waals surface area contributed by atoms with Crippen LogP contribution in [0.15, 0.2) is 32.2 Å². The van der Waals surface area contributed by atoms with E-state index in [1.54, 1.807) is 26.2 Å². The molecule has 0 aliphatic carbocycles. The number of nitrogens with zero attached hydrogens (tertiary/aromatic N) is 2. The maximum absolute atomic E-state index is 12.6. The Morgan fingerprint density at radius 3 is 2.67 bits per heavy atom. The van der Waals surface area contributed by atoms with Crippen molar-refractivity contribution < 1.29 is 22.1 Å². The van der Waals surface area contributed by atoms with Crippen molar-refractivity contribution in [2.75, 3.05) is 32.8 Å². The van der Waals surface area contributed by atoms with Gasteiger partial charge >= 0.3 is 0 Å². The first-order valence-electron chi connectivity index (χ1n) is 7.77. The molecule has 1 aliphatic heterocycles. The summed E-state index contributed by atoms with van der Waals surface area (Å²) >= 11 is 0. The molecule has 132 valence electrons. The summed E-state index contributed by atoms with van der Waals surface area (Å²) in [6.07, 6.45) is 1.59. The lowest BCUT2D eigenvalue weighted by Gasteiger charge is -2.33. The van der Waals surface area contributed by atoms with Gasteiger partial charge in [-0.2, -0.15) is 0 Å². The second-order valence-electron chi connectivity index (χ2n) is 5.68. The van der Waals surface area contributed by atoms with Crippen LogP contribution < -0.4 is 4.72 Å². The molecule has 0 aromatic carbocycles. The zero-order valence-corrected chi connectivity index (χ0v) is 14.5. The van der Waals surface area contributed by atoms with Crippen LogP contribution >= 0.6 is 0 Å². The Balaban J connectivity index is 1.78. The fourth-order valence-electron chi connectivity index (χ4n) is 2.90. The lowest BCUT2D eigenvalue weighted by atomic mass is 10.2. The lowest BCUT2D eigenvalue weighted by molar-refractivity contribution is 0.0128. The largest absolute Gasteiger partial charge is 0.468 e. The number of hydrogen-bond donors (Lipinski definition) is 1. The molecule has 2 aromatic rings. The van der Waals surface area contributed by atoms with Gasteiger partial charge in [-0.1, -0.05) is 5.16 Å². The van der Waals surface area contributed by atoms with Crippen LogP contribution in [-0.2, 0) is 14.8 Å². The number of aromatic nitrogens is 1. The van der Waals surface area contributed by atoms with E-state index < -0.39 is 10.0 Å². The van der Waals surface area contributed by atoms with Crippen molar-refractivity contribution in [2.45, 2.75) is 24.8 Å². The third-order valence-corrected chi connectivity index (χ3v) is 5.73.